The van der Waals surface area contributed by atoms with Crippen molar-refractivity contribution in [2.45, 2.75) is 97.6 Å². The average Bonchev–Trinajstić information content (AvgIpc) is 3.39. The molecule has 3 saturated carbocycles. The predicted molar refractivity (Wildman–Crippen MR) is 111 cm³/mol. The van der Waals surface area contributed by atoms with Gasteiger partial charge >= 0.3 is 5.97 Å². The van der Waals surface area contributed by atoms with E-state index >= 15 is 4.39 Å². The summed E-state index contributed by atoms with van der Waals surface area (Å²) in [6.45, 7) is 6.71. The maximum atomic E-state index is 16.0. The Hall–Kier alpha value is -1.19. The van der Waals surface area contributed by atoms with Gasteiger partial charge in [-0.1, -0.05) is 32.8 Å². The van der Waals surface area contributed by atoms with Crippen LogP contribution < -0.4 is 0 Å². The van der Waals surface area contributed by atoms with E-state index in [1.165, 1.54) is 5.57 Å². The van der Waals surface area contributed by atoms with Gasteiger partial charge in [0.2, 0.25) is 0 Å². The summed E-state index contributed by atoms with van der Waals surface area (Å²) < 4.78 is 16.0. The molecule has 162 valence electrons. The molecule has 4 unspecified atom stereocenters. The number of carboxylic acid groups (broad SMARTS) is 1. The summed E-state index contributed by atoms with van der Waals surface area (Å²) >= 11 is 0. The molecule has 3 nitrogen and oxygen atoms in total. The van der Waals surface area contributed by atoms with Crippen LogP contribution in [0, 0.1) is 34.0 Å². The third kappa shape index (κ3) is 3.39. The average molecular weight is 405 g/mol. The van der Waals surface area contributed by atoms with Gasteiger partial charge in [0.25, 0.3) is 0 Å². The molecule has 0 amide bonds. The van der Waals surface area contributed by atoms with Crippen molar-refractivity contribution in [2.24, 2.45) is 34.0 Å². The van der Waals surface area contributed by atoms with Gasteiger partial charge < -0.3 is 5.11 Å². The second-order valence-electron chi connectivity index (χ2n) is 11.1. The number of hydrogen-bond acceptors (Lipinski definition) is 2. The van der Waals surface area contributed by atoms with Crippen LogP contribution in [0.1, 0.15) is 91.4 Å². The zero-order chi connectivity index (χ0) is 21.0. The number of halogens is 1. The second-order valence-corrected chi connectivity index (χ2v) is 11.1. The minimum Gasteiger partial charge on any atom is -0.481 e. The Bertz CT molecular complexity index is 724. The summed E-state index contributed by atoms with van der Waals surface area (Å²) in [4.78, 5) is 23.3. The molecule has 0 saturated heterocycles. The largest absolute Gasteiger partial charge is 0.481 e. The van der Waals surface area contributed by atoms with Gasteiger partial charge in [0.15, 0.2) is 5.78 Å². The summed E-state index contributed by atoms with van der Waals surface area (Å²) in [5, 5.41) is 9.09. The van der Waals surface area contributed by atoms with Crippen molar-refractivity contribution in [3.63, 3.8) is 0 Å². The third-order valence-electron chi connectivity index (χ3n) is 9.26. The van der Waals surface area contributed by atoms with Crippen molar-refractivity contribution >= 4 is 11.8 Å². The van der Waals surface area contributed by atoms with Crippen molar-refractivity contribution in [1.82, 2.24) is 0 Å². The minimum absolute atomic E-state index is 0.0113. The van der Waals surface area contributed by atoms with E-state index in [-0.39, 0.29) is 34.4 Å². The highest BCUT2D eigenvalue weighted by atomic mass is 19.1. The molecule has 0 aliphatic heterocycles. The van der Waals surface area contributed by atoms with Crippen LogP contribution in [0.3, 0.4) is 0 Å². The number of allylic oxidation sites excluding steroid dienone is 2. The summed E-state index contributed by atoms with van der Waals surface area (Å²) in [6, 6.07) is 0. The van der Waals surface area contributed by atoms with E-state index in [0.29, 0.717) is 31.1 Å². The van der Waals surface area contributed by atoms with Crippen LogP contribution in [0.25, 0.3) is 0 Å². The van der Waals surface area contributed by atoms with Crippen LogP contribution in [0.2, 0.25) is 0 Å². The molecule has 4 rings (SSSR count). The van der Waals surface area contributed by atoms with Gasteiger partial charge in [0.05, 0.1) is 0 Å². The molecule has 0 aromatic carbocycles. The van der Waals surface area contributed by atoms with Crippen LogP contribution >= 0.6 is 0 Å². The van der Waals surface area contributed by atoms with Gasteiger partial charge in [0.1, 0.15) is 6.17 Å². The van der Waals surface area contributed by atoms with Crippen molar-refractivity contribution in [2.75, 3.05) is 0 Å². The second kappa shape index (κ2) is 7.20. The molecule has 1 N–H and O–H groups in total. The fraction of sp³-hybridized carbons (Fsp3) is 0.840. The van der Waals surface area contributed by atoms with E-state index in [1.807, 2.05) is 6.08 Å². The number of hydrogen-bond donors (Lipinski definition) is 1. The number of fused-ring (bicyclic) bond motifs is 4. The van der Waals surface area contributed by atoms with Crippen molar-refractivity contribution in [3.05, 3.63) is 11.6 Å². The Morgan fingerprint density at radius 2 is 1.97 bits per heavy atom. The van der Waals surface area contributed by atoms with Gasteiger partial charge in [-0.3, -0.25) is 9.59 Å². The standard InChI is InChI=1S/C25H37FO3/c1-4-6-18-17-14-25(11-12-25)20-13-16(27)8-10-24(20,3)22(17)19(26)15-23(18,2)9-5-7-21(28)29/h13,17-19,22H,4-12,14-15H2,1-3H3,(H,28,29)/t17?,18?,19-,22?,23?,24-/m0/s1. The number of alkyl halides is 1. The first-order valence-electron chi connectivity index (χ1n) is 11.8. The van der Waals surface area contributed by atoms with Gasteiger partial charge in [-0.2, -0.15) is 0 Å². The highest BCUT2D eigenvalue weighted by Gasteiger charge is 2.66. The Labute approximate surface area is 174 Å². The molecule has 0 heterocycles. The lowest BCUT2D eigenvalue weighted by Gasteiger charge is -2.62. The fourth-order valence-corrected chi connectivity index (χ4v) is 7.91. The molecule has 0 aromatic rings. The predicted octanol–water partition coefficient (Wildman–Crippen LogP) is 6.12. The molecule has 0 bridgehead atoms. The number of carboxylic acids is 1. The quantitative estimate of drug-likeness (QED) is 0.580. The lowest BCUT2D eigenvalue weighted by Crippen LogP contribution is -2.57. The molecule has 4 heteroatoms. The van der Waals surface area contributed by atoms with Crippen molar-refractivity contribution in [1.29, 1.82) is 0 Å². The summed E-state index contributed by atoms with van der Waals surface area (Å²) in [5.41, 5.74) is 1.14. The van der Waals surface area contributed by atoms with Crippen LogP contribution in [0.5, 0.6) is 0 Å². The van der Waals surface area contributed by atoms with Crippen LogP contribution in [0.4, 0.5) is 4.39 Å². The summed E-state index contributed by atoms with van der Waals surface area (Å²) in [6.07, 6.45) is 10.1. The molecule has 4 aliphatic carbocycles. The zero-order valence-corrected chi connectivity index (χ0v) is 18.3. The van der Waals surface area contributed by atoms with Crippen LogP contribution in [0.15, 0.2) is 11.6 Å². The maximum absolute atomic E-state index is 16.0. The molecule has 6 atom stereocenters. The van der Waals surface area contributed by atoms with E-state index in [9.17, 15) is 9.59 Å². The van der Waals surface area contributed by atoms with Gasteiger partial charge in [-0.25, -0.2) is 4.39 Å². The van der Waals surface area contributed by atoms with Gasteiger partial charge in [0, 0.05) is 18.8 Å². The number of carbonyl (C=O) groups excluding carboxylic acids is 1. The van der Waals surface area contributed by atoms with Crippen molar-refractivity contribution < 1.29 is 19.1 Å². The highest BCUT2D eigenvalue weighted by Crippen LogP contribution is 2.73. The van der Waals surface area contributed by atoms with Crippen molar-refractivity contribution in [3.8, 4) is 0 Å². The molecule has 0 aromatic heterocycles. The first-order valence-corrected chi connectivity index (χ1v) is 11.8. The Morgan fingerprint density at radius 1 is 1.24 bits per heavy atom. The van der Waals surface area contributed by atoms with E-state index < -0.39 is 12.1 Å². The Balaban J connectivity index is 1.69. The fourth-order valence-electron chi connectivity index (χ4n) is 7.91. The molecular formula is C25H37FO3. The topological polar surface area (TPSA) is 54.4 Å². The smallest absolute Gasteiger partial charge is 0.303 e. The van der Waals surface area contributed by atoms with Gasteiger partial charge in [-0.05, 0) is 85.5 Å². The Morgan fingerprint density at radius 3 is 2.59 bits per heavy atom. The highest BCUT2D eigenvalue weighted by molar-refractivity contribution is 5.92. The van der Waals surface area contributed by atoms with E-state index in [2.05, 4.69) is 20.8 Å². The normalized spacial score (nSPS) is 42.8. The lowest BCUT2D eigenvalue weighted by molar-refractivity contribution is -0.138. The Kier molecular flexibility index (Phi) is 5.23. The van der Waals surface area contributed by atoms with Crippen LogP contribution in [-0.2, 0) is 9.59 Å². The molecule has 0 radical (unpaired) electrons. The molecule has 1 spiro atoms. The van der Waals surface area contributed by atoms with E-state index in [4.69, 9.17) is 5.11 Å². The van der Waals surface area contributed by atoms with E-state index in [0.717, 1.165) is 44.9 Å². The van der Waals surface area contributed by atoms with E-state index in [1.54, 1.807) is 0 Å². The number of carbonyl (C=O) groups is 2. The monoisotopic (exact) mass is 404 g/mol. The summed E-state index contributed by atoms with van der Waals surface area (Å²) in [7, 11) is 0. The zero-order valence-electron chi connectivity index (χ0n) is 18.3. The number of ketones is 1. The molecule has 4 aliphatic rings. The number of rotatable bonds is 6. The number of aliphatic carboxylic acids is 1. The molecule has 29 heavy (non-hydrogen) atoms. The maximum Gasteiger partial charge on any atom is 0.303 e. The SMILES string of the molecule is CCCC1C2CC3(CC3)C3=CC(=O)CC[C@]3(C)C2[C@@H](F)CC1(C)CCCC(=O)O. The first kappa shape index (κ1) is 21.1. The molecule has 3 fully saturated rings. The minimum atomic E-state index is -0.861. The van der Waals surface area contributed by atoms with Crippen LogP contribution in [-0.4, -0.2) is 23.0 Å². The third-order valence-corrected chi connectivity index (χ3v) is 9.26. The molecular weight excluding hydrogens is 367 g/mol. The lowest BCUT2D eigenvalue weighted by atomic mass is 9.43. The first-order chi connectivity index (χ1) is 13.7. The van der Waals surface area contributed by atoms with Gasteiger partial charge in [-0.15, -0.1) is 0 Å². The summed E-state index contributed by atoms with van der Waals surface area (Å²) in [5.74, 6) is 0.294.